The zero-order valence-corrected chi connectivity index (χ0v) is 16.2. The van der Waals surface area contributed by atoms with Gasteiger partial charge in [0.05, 0.1) is 12.8 Å². The highest BCUT2D eigenvalue weighted by molar-refractivity contribution is 6.39. The van der Waals surface area contributed by atoms with Gasteiger partial charge in [0.25, 0.3) is 11.8 Å². The number of rotatable bonds is 3. The highest BCUT2D eigenvalue weighted by Gasteiger charge is 2.37. The molecular weight excluding hydrogens is 370 g/mol. The number of ether oxygens (including phenoxy) is 1. The molecule has 1 N–H and O–H groups in total. The highest BCUT2D eigenvalue weighted by atomic mass is 16.5. The molecule has 7 heteroatoms. The van der Waals surface area contributed by atoms with E-state index in [1.807, 2.05) is 42.8 Å². The summed E-state index contributed by atoms with van der Waals surface area (Å²) >= 11 is 0. The van der Waals surface area contributed by atoms with Crippen molar-refractivity contribution in [3.05, 3.63) is 65.4 Å². The number of carbonyl (C=O) groups excluding carboxylic acids is 3. The lowest BCUT2D eigenvalue weighted by Crippen LogP contribution is -2.54. The molecule has 1 saturated heterocycles. The predicted octanol–water partition coefficient (Wildman–Crippen LogP) is 3.16. The molecule has 146 valence electrons. The Bertz CT molecular complexity index is 1190. The summed E-state index contributed by atoms with van der Waals surface area (Å²) in [5.74, 6) is -0.787. The maximum Gasteiger partial charge on any atom is 0.335 e. The fourth-order valence-electron chi connectivity index (χ4n) is 3.50. The number of hydrogen-bond donors (Lipinski definition) is 1. The van der Waals surface area contributed by atoms with Crippen LogP contribution >= 0.6 is 0 Å². The molecule has 7 nitrogen and oxygen atoms in total. The average molecular weight is 389 g/mol. The fraction of sp³-hybridized carbons (Fsp3) is 0.136. The first kappa shape index (κ1) is 18.5. The molecular formula is C22H19N3O4. The lowest BCUT2D eigenvalue weighted by atomic mass is 10.0. The van der Waals surface area contributed by atoms with E-state index in [-0.39, 0.29) is 5.57 Å². The number of anilines is 1. The standard InChI is InChI=1S/C22H19N3O4/c1-13-17(16-6-4-5-7-19(16)24(13)2)12-18-20(26)23-22(28)25(21(18)27)14-8-10-15(29-3)11-9-14/h4-12H,1-3H3,(H,23,26,28)/b18-12+. The van der Waals surface area contributed by atoms with E-state index in [0.29, 0.717) is 11.4 Å². The number of carbonyl (C=O) groups is 3. The molecule has 3 aromatic rings. The number of imide groups is 2. The Morgan fingerprint density at radius 1 is 1.00 bits per heavy atom. The number of aromatic nitrogens is 1. The van der Waals surface area contributed by atoms with Gasteiger partial charge in [-0.25, -0.2) is 9.69 Å². The number of methoxy groups -OCH3 is 1. The normalized spacial score (nSPS) is 15.9. The Morgan fingerprint density at radius 3 is 2.38 bits per heavy atom. The van der Waals surface area contributed by atoms with Gasteiger partial charge < -0.3 is 9.30 Å². The molecule has 0 aliphatic carbocycles. The molecule has 1 aliphatic rings. The third-order valence-electron chi connectivity index (χ3n) is 5.17. The molecule has 0 unspecified atom stereocenters. The van der Waals surface area contributed by atoms with Gasteiger partial charge in [0.1, 0.15) is 11.3 Å². The van der Waals surface area contributed by atoms with Crippen molar-refractivity contribution >= 4 is 40.5 Å². The second-order valence-electron chi connectivity index (χ2n) is 6.73. The molecule has 1 fully saturated rings. The summed E-state index contributed by atoms with van der Waals surface area (Å²) in [6, 6.07) is 13.4. The van der Waals surface area contributed by atoms with E-state index < -0.39 is 17.8 Å². The van der Waals surface area contributed by atoms with Crippen molar-refractivity contribution in [3.8, 4) is 5.75 Å². The van der Waals surface area contributed by atoms with Gasteiger partial charge in [-0.2, -0.15) is 0 Å². The van der Waals surface area contributed by atoms with Gasteiger partial charge in [-0.05, 0) is 43.3 Å². The Hall–Kier alpha value is -3.87. The number of urea groups is 1. The number of fused-ring (bicyclic) bond motifs is 1. The highest BCUT2D eigenvalue weighted by Crippen LogP contribution is 2.29. The second-order valence-corrected chi connectivity index (χ2v) is 6.73. The number of nitrogens with zero attached hydrogens (tertiary/aromatic N) is 2. The van der Waals surface area contributed by atoms with Crippen LogP contribution in [-0.2, 0) is 16.6 Å². The Labute approximate surface area is 167 Å². The number of hydrogen-bond acceptors (Lipinski definition) is 4. The predicted molar refractivity (Wildman–Crippen MR) is 110 cm³/mol. The summed E-state index contributed by atoms with van der Waals surface area (Å²) < 4.78 is 7.11. The van der Waals surface area contributed by atoms with Crippen molar-refractivity contribution in [1.82, 2.24) is 9.88 Å². The molecule has 0 atom stereocenters. The molecule has 0 bridgehead atoms. The quantitative estimate of drug-likeness (QED) is 0.551. The zero-order valence-electron chi connectivity index (χ0n) is 16.2. The summed E-state index contributed by atoms with van der Waals surface area (Å²) in [5.41, 5.74) is 2.92. The molecule has 1 aliphatic heterocycles. The Kier molecular flexibility index (Phi) is 4.43. The van der Waals surface area contributed by atoms with Crippen molar-refractivity contribution in [2.75, 3.05) is 12.0 Å². The zero-order chi connectivity index (χ0) is 20.7. The van der Waals surface area contributed by atoms with Crippen LogP contribution in [0.15, 0.2) is 54.1 Å². The molecule has 0 radical (unpaired) electrons. The monoisotopic (exact) mass is 389 g/mol. The van der Waals surface area contributed by atoms with Gasteiger partial charge >= 0.3 is 6.03 Å². The second kappa shape index (κ2) is 6.94. The van der Waals surface area contributed by atoms with E-state index in [9.17, 15) is 14.4 Å². The van der Waals surface area contributed by atoms with Crippen molar-refractivity contribution < 1.29 is 19.1 Å². The van der Waals surface area contributed by atoms with Crippen molar-refractivity contribution in [3.63, 3.8) is 0 Å². The SMILES string of the molecule is COc1ccc(N2C(=O)NC(=O)/C(=C\c3c(C)n(C)c4ccccc34)C2=O)cc1. The molecule has 2 heterocycles. The minimum absolute atomic E-state index is 0.0973. The number of para-hydroxylation sites is 1. The number of barbiturate groups is 1. The van der Waals surface area contributed by atoms with Crippen LogP contribution in [0.1, 0.15) is 11.3 Å². The molecule has 29 heavy (non-hydrogen) atoms. The first-order valence-corrected chi connectivity index (χ1v) is 9.02. The minimum atomic E-state index is -0.781. The lowest BCUT2D eigenvalue weighted by Gasteiger charge is -2.26. The maximum absolute atomic E-state index is 13.1. The molecule has 0 spiro atoms. The topological polar surface area (TPSA) is 80.6 Å². The van der Waals surface area contributed by atoms with E-state index in [1.165, 1.54) is 7.11 Å². The van der Waals surface area contributed by atoms with Gasteiger partial charge in [0.15, 0.2) is 0 Å². The summed E-state index contributed by atoms with van der Waals surface area (Å²) in [7, 11) is 3.45. The summed E-state index contributed by atoms with van der Waals surface area (Å²) in [6.07, 6.45) is 1.55. The summed E-state index contributed by atoms with van der Waals surface area (Å²) in [5, 5.41) is 3.18. The van der Waals surface area contributed by atoms with Gasteiger partial charge in [0.2, 0.25) is 0 Å². The number of benzene rings is 2. The van der Waals surface area contributed by atoms with Crippen LogP contribution in [0.3, 0.4) is 0 Å². The van der Waals surface area contributed by atoms with Crippen LogP contribution in [0.4, 0.5) is 10.5 Å². The van der Waals surface area contributed by atoms with E-state index in [1.54, 1.807) is 30.3 Å². The number of amides is 4. The lowest BCUT2D eigenvalue weighted by molar-refractivity contribution is -0.122. The Morgan fingerprint density at radius 2 is 1.69 bits per heavy atom. The van der Waals surface area contributed by atoms with E-state index in [2.05, 4.69) is 5.32 Å². The van der Waals surface area contributed by atoms with Crippen molar-refractivity contribution in [2.24, 2.45) is 7.05 Å². The molecule has 4 amide bonds. The third-order valence-corrected chi connectivity index (χ3v) is 5.17. The van der Waals surface area contributed by atoms with Crippen molar-refractivity contribution in [1.29, 1.82) is 0 Å². The first-order chi connectivity index (χ1) is 13.9. The van der Waals surface area contributed by atoms with Crippen LogP contribution in [0, 0.1) is 6.92 Å². The molecule has 0 saturated carbocycles. The fourth-order valence-corrected chi connectivity index (χ4v) is 3.50. The largest absolute Gasteiger partial charge is 0.497 e. The third kappa shape index (κ3) is 2.97. The molecule has 2 aromatic carbocycles. The van der Waals surface area contributed by atoms with Crippen molar-refractivity contribution in [2.45, 2.75) is 6.92 Å². The number of aryl methyl sites for hydroxylation is 1. The van der Waals surface area contributed by atoms with E-state index >= 15 is 0 Å². The van der Waals surface area contributed by atoms with Crippen LogP contribution in [0.5, 0.6) is 5.75 Å². The minimum Gasteiger partial charge on any atom is -0.497 e. The van der Waals surface area contributed by atoms with E-state index in [4.69, 9.17) is 4.74 Å². The summed E-state index contributed by atoms with van der Waals surface area (Å²) in [6.45, 7) is 1.92. The van der Waals surface area contributed by atoms with Crippen LogP contribution in [0.25, 0.3) is 17.0 Å². The van der Waals surface area contributed by atoms with Crippen LogP contribution in [0.2, 0.25) is 0 Å². The van der Waals surface area contributed by atoms with Gasteiger partial charge in [-0.1, -0.05) is 18.2 Å². The number of nitrogens with one attached hydrogen (secondary N) is 1. The van der Waals surface area contributed by atoms with E-state index in [0.717, 1.165) is 27.1 Å². The van der Waals surface area contributed by atoms with Gasteiger partial charge in [-0.15, -0.1) is 0 Å². The molecule has 1 aromatic heterocycles. The van der Waals surface area contributed by atoms with Crippen LogP contribution in [-0.4, -0.2) is 29.5 Å². The average Bonchev–Trinajstić information content (AvgIpc) is 2.96. The van der Waals surface area contributed by atoms with Gasteiger partial charge in [0, 0.05) is 29.2 Å². The maximum atomic E-state index is 13.1. The summed E-state index contributed by atoms with van der Waals surface area (Å²) in [4.78, 5) is 38.9. The van der Waals surface area contributed by atoms with Crippen LogP contribution < -0.4 is 15.0 Å². The molecule has 4 rings (SSSR count). The smallest absolute Gasteiger partial charge is 0.335 e. The van der Waals surface area contributed by atoms with Gasteiger partial charge in [-0.3, -0.25) is 14.9 Å². The first-order valence-electron chi connectivity index (χ1n) is 9.02. The Balaban J connectivity index is 1.81.